The molecule has 1 atom stereocenters. The highest BCUT2D eigenvalue weighted by molar-refractivity contribution is 5.22. The predicted octanol–water partition coefficient (Wildman–Crippen LogP) is 1.29. The van der Waals surface area contributed by atoms with Gasteiger partial charge in [-0.2, -0.15) is 0 Å². The lowest BCUT2D eigenvalue weighted by Crippen LogP contribution is -2.52. The maximum absolute atomic E-state index is 13.6. The molecule has 1 aromatic rings. The van der Waals surface area contributed by atoms with Gasteiger partial charge in [0.1, 0.15) is 5.82 Å². The van der Waals surface area contributed by atoms with Crippen LogP contribution in [0.15, 0.2) is 18.5 Å². The molecule has 1 aliphatic rings. The summed E-state index contributed by atoms with van der Waals surface area (Å²) < 4.78 is 19.1. The summed E-state index contributed by atoms with van der Waals surface area (Å²) in [6, 6.07) is 1.31. The van der Waals surface area contributed by atoms with Gasteiger partial charge in [-0.3, -0.25) is 10.8 Å². The van der Waals surface area contributed by atoms with Crippen LogP contribution in [0.25, 0.3) is 0 Å². The molecule has 0 saturated heterocycles. The van der Waals surface area contributed by atoms with Crippen LogP contribution in [0, 0.1) is 5.82 Å². The maximum Gasteiger partial charge on any atom is 0.146 e. The lowest BCUT2D eigenvalue weighted by molar-refractivity contribution is -0.101. The number of hydrazine groups is 1. The lowest BCUT2D eigenvalue weighted by Gasteiger charge is -2.46. The number of halogens is 1. The molecule has 1 fully saturated rings. The fourth-order valence-corrected chi connectivity index (χ4v) is 2.28. The van der Waals surface area contributed by atoms with Gasteiger partial charge in [0.2, 0.25) is 0 Å². The molecule has 1 aromatic heterocycles. The molecule has 1 aliphatic carbocycles. The van der Waals surface area contributed by atoms with E-state index in [4.69, 9.17) is 10.6 Å². The van der Waals surface area contributed by atoms with Crippen LogP contribution in [0.5, 0.6) is 0 Å². The second-order valence-corrected chi connectivity index (χ2v) is 4.12. The highest BCUT2D eigenvalue weighted by Gasteiger charge is 2.45. The minimum atomic E-state index is -0.378. The van der Waals surface area contributed by atoms with Crippen LogP contribution in [0.3, 0.4) is 0 Å². The van der Waals surface area contributed by atoms with Crippen LogP contribution in [-0.4, -0.2) is 17.7 Å². The van der Waals surface area contributed by atoms with E-state index in [-0.39, 0.29) is 17.5 Å². The normalized spacial score (nSPS) is 20.2. The number of nitrogens with zero attached hydrogens (tertiary/aromatic N) is 1. The molecule has 5 heteroatoms. The molecule has 3 N–H and O–H groups in total. The van der Waals surface area contributed by atoms with Crippen molar-refractivity contribution in [1.82, 2.24) is 10.4 Å². The third-order valence-electron chi connectivity index (χ3n) is 3.41. The third-order valence-corrected chi connectivity index (χ3v) is 3.41. The molecule has 1 heterocycles. The van der Waals surface area contributed by atoms with Gasteiger partial charge in [0, 0.05) is 18.9 Å². The average Bonchev–Trinajstić information content (AvgIpc) is 2.25. The fraction of sp³-hybridized carbons (Fsp3) is 0.545. The van der Waals surface area contributed by atoms with Crippen molar-refractivity contribution in [2.24, 2.45) is 5.84 Å². The molecule has 2 rings (SSSR count). The zero-order chi connectivity index (χ0) is 11.6. The topological polar surface area (TPSA) is 60.2 Å². The van der Waals surface area contributed by atoms with E-state index >= 15 is 0 Å². The van der Waals surface area contributed by atoms with E-state index in [1.54, 1.807) is 19.4 Å². The Labute approximate surface area is 94.0 Å². The van der Waals surface area contributed by atoms with Gasteiger partial charge < -0.3 is 4.74 Å². The third kappa shape index (κ3) is 1.71. The Morgan fingerprint density at radius 2 is 2.38 bits per heavy atom. The number of hydrogen-bond acceptors (Lipinski definition) is 4. The monoisotopic (exact) mass is 225 g/mol. The highest BCUT2D eigenvalue weighted by atomic mass is 19.1. The van der Waals surface area contributed by atoms with Gasteiger partial charge >= 0.3 is 0 Å². The van der Waals surface area contributed by atoms with Crippen molar-refractivity contribution in [2.75, 3.05) is 7.11 Å². The van der Waals surface area contributed by atoms with Gasteiger partial charge in [-0.1, -0.05) is 0 Å². The first-order chi connectivity index (χ1) is 7.73. The summed E-state index contributed by atoms with van der Waals surface area (Å²) in [5.41, 5.74) is 2.80. The molecule has 0 amide bonds. The van der Waals surface area contributed by atoms with Crippen LogP contribution >= 0.6 is 0 Å². The molecule has 0 radical (unpaired) electrons. The van der Waals surface area contributed by atoms with Gasteiger partial charge in [0.05, 0.1) is 17.8 Å². The van der Waals surface area contributed by atoms with E-state index in [1.165, 1.54) is 6.20 Å². The van der Waals surface area contributed by atoms with E-state index < -0.39 is 0 Å². The Bertz CT molecular complexity index is 362. The van der Waals surface area contributed by atoms with Crippen LogP contribution in [0.1, 0.15) is 30.9 Å². The maximum atomic E-state index is 13.6. The number of nitrogens with one attached hydrogen (secondary N) is 1. The van der Waals surface area contributed by atoms with E-state index in [9.17, 15) is 4.39 Å². The summed E-state index contributed by atoms with van der Waals surface area (Å²) in [5, 5.41) is 0. The first-order valence-electron chi connectivity index (χ1n) is 5.34. The highest BCUT2D eigenvalue weighted by Crippen LogP contribution is 2.44. The second-order valence-electron chi connectivity index (χ2n) is 4.12. The summed E-state index contributed by atoms with van der Waals surface area (Å²) in [6.07, 6.45) is 5.62. The zero-order valence-corrected chi connectivity index (χ0v) is 9.24. The van der Waals surface area contributed by atoms with Crippen LogP contribution in [-0.2, 0) is 4.74 Å². The number of rotatable bonds is 4. The number of ether oxygens (including phenoxy) is 1. The van der Waals surface area contributed by atoms with Crippen molar-refractivity contribution in [3.05, 3.63) is 29.8 Å². The molecule has 1 unspecified atom stereocenters. The van der Waals surface area contributed by atoms with Gasteiger partial charge in [0.25, 0.3) is 0 Å². The van der Waals surface area contributed by atoms with Crippen molar-refractivity contribution in [3.63, 3.8) is 0 Å². The van der Waals surface area contributed by atoms with E-state index in [0.717, 1.165) is 19.3 Å². The first-order valence-corrected chi connectivity index (χ1v) is 5.34. The Balaban J connectivity index is 2.32. The standard InChI is InChI=1S/C11H16FN3O/c1-16-11(4-2-5-11)10(15-13)8-3-6-14-7-9(8)12/h3,6-7,10,15H,2,4-5,13H2,1H3. The smallest absolute Gasteiger partial charge is 0.146 e. The van der Waals surface area contributed by atoms with E-state index in [2.05, 4.69) is 10.4 Å². The molecular formula is C11H16FN3O. The van der Waals surface area contributed by atoms with Crippen molar-refractivity contribution in [1.29, 1.82) is 0 Å². The molecule has 0 bridgehead atoms. The summed E-state index contributed by atoms with van der Waals surface area (Å²) >= 11 is 0. The molecule has 16 heavy (non-hydrogen) atoms. The minimum absolute atomic E-state index is 0.325. The summed E-state index contributed by atoms with van der Waals surface area (Å²) in [5.74, 6) is 5.17. The SMILES string of the molecule is COC1(C(NN)c2ccncc2F)CCC1. The van der Waals surface area contributed by atoms with Gasteiger partial charge in [-0.25, -0.2) is 9.82 Å². The summed E-state index contributed by atoms with van der Waals surface area (Å²) in [4.78, 5) is 3.73. The van der Waals surface area contributed by atoms with Crippen LogP contribution in [0.2, 0.25) is 0 Å². The average molecular weight is 225 g/mol. The first kappa shape index (κ1) is 11.4. The quantitative estimate of drug-likeness (QED) is 0.599. The Morgan fingerprint density at radius 3 is 2.81 bits per heavy atom. The number of pyridine rings is 1. The van der Waals surface area contributed by atoms with E-state index in [0.29, 0.717) is 5.56 Å². The molecule has 0 aromatic carbocycles. The molecule has 1 saturated carbocycles. The van der Waals surface area contributed by atoms with Crippen molar-refractivity contribution < 1.29 is 9.13 Å². The van der Waals surface area contributed by atoms with Crippen molar-refractivity contribution >= 4 is 0 Å². The van der Waals surface area contributed by atoms with Crippen LogP contribution in [0.4, 0.5) is 4.39 Å². The Kier molecular flexibility index (Phi) is 3.18. The summed E-state index contributed by atoms with van der Waals surface area (Å²) in [7, 11) is 1.64. The zero-order valence-electron chi connectivity index (χ0n) is 9.24. The van der Waals surface area contributed by atoms with Gasteiger partial charge in [-0.15, -0.1) is 0 Å². The van der Waals surface area contributed by atoms with Crippen molar-refractivity contribution in [2.45, 2.75) is 30.9 Å². The number of nitrogens with two attached hydrogens (primary N) is 1. The van der Waals surface area contributed by atoms with Crippen molar-refractivity contribution in [3.8, 4) is 0 Å². The summed E-state index contributed by atoms with van der Waals surface area (Å²) in [6.45, 7) is 0. The van der Waals surface area contributed by atoms with Gasteiger partial charge in [-0.05, 0) is 25.3 Å². The van der Waals surface area contributed by atoms with Crippen LogP contribution < -0.4 is 11.3 Å². The van der Waals surface area contributed by atoms with Gasteiger partial charge in [0.15, 0.2) is 0 Å². The minimum Gasteiger partial charge on any atom is -0.376 e. The van der Waals surface area contributed by atoms with E-state index in [1.807, 2.05) is 0 Å². The largest absolute Gasteiger partial charge is 0.376 e. The fourth-order valence-electron chi connectivity index (χ4n) is 2.28. The number of methoxy groups -OCH3 is 1. The molecule has 4 nitrogen and oxygen atoms in total. The predicted molar refractivity (Wildman–Crippen MR) is 57.9 cm³/mol. The molecule has 0 aliphatic heterocycles. The lowest BCUT2D eigenvalue weighted by atomic mass is 9.72. The molecule has 88 valence electrons. The second kappa shape index (κ2) is 4.45. The molecular weight excluding hydrogens is 209 g/mol. The number of aromatic nitrogens is 1. The Hall–Kier alpha value is -1.04. The molecule has 0 spiro atoms. The number of hydrogen-bond donors (Lipinski definition) is 2. The Morgan fingerprint density at radius 1 is 1.62 bits per heavy atom.